The second kappa shape index (κ2) is 5.70. The molecule has 0 spiro atoms. The zero-order valence-electron chi connectivity index (χ0n) is 12.2. The van der Waals surface area contributed by atoms with Crippen LogP contribution in [0.3, 0.4) is 0 Å². The molecule has 0 aromatic heterocycles. The largest absolute Gasteiger partial charge is 0.380 e. The fourth-order valence-corrected chi connectivity index (χ4v) is 3.77. The van der Waals surface area contributed by atoms with Crippen molar-refractivity contribution in [2.45, 2.75) is 36.1 Å². The van der Waals surface area contributed by atoms with Crippen molar-refractivity contribution in [2.75, 3.05) is 5.32 Å². The maximum Gasteiger partial charge on any atom is 0.208 e. The lowest BCUT2D eigenvalue weighted by Gasteiger charge is -2.22. The Hall–Kier alpha value is -1.52. The highest BCUT2D eigenvalue weighted by Crippen LogP contribution is 2.30. The molecule has 2 aromatic rings. The fourth-order valence-electron chi connectivity index (χ4n) is 1.96. The molecule has 0 aliphatic carbocycles. The van der Waals surface area contributed by atoms with Crippen LogP contribution in [0, 0.1) is 0 Å². The maximum absolute atomic E-state index is 12.5. The zero-order valence-corrected chi connectivity index (χ0v) is 13.8. The molecular weight excluding hydrogens is 306 g/mol. The molecule has 0 atom stereocenters. The van der Waals surface area contributed by atoms with E-state index in [1.54, 1.807) is 48.5 Å². The van der Waals surface area contributed by atoms with Crippen molar-refractivity contribution >= 4 is 27.1 Å². The van der Waals surface area contributed by atoms with Gasteiger partial charge >= 0.3 is 0 Å². The second-order valence-corrected chi connectivity index (χ2v) is 8.16. The summed E-state index contributed by atoms with van der Waals surface area (Å²) in [5, 5.41) is 3.48. The third-order valence-electron chi connectivity index (χ3n) is 2.79. The number of sulfone groups is 1. The minimum Gasteiger partial charge on any atom is -0.380 e. The number of rotatable bonds is 3. The summed E-state index contributed by atoms with van der Waals surface area (Å²) in [6.07, 6.45) is 0. The molecule has 0 saturated heterocycles. The molecule has 0 fully saturated rings. The highest BCUT2D eigenvalue weighted by molar-refractivity contribution is 7.91. The third-order valence-corrected chi connectivity index (χ3v) is 5.05. The van der Waals surface area contributed by atoms with Crippen molar-refractivity contribution in [2.24, 2.45) is 0 Å². The molecule has 0 radical (unpaired) electrons. The summed E-state index contributed by atoms with van der Waals surface area (Å²) in [4.78, 5) is 0.359. The molecule has 0 aliphatic rings. The van der Waals surface area contributed by atoms with Gasteiger partial charge in [0.1, 0.15) is 0 Å². The van der Waals surface area contributed by atoms with Crippen LogP contribution in [0.5, 0.6) is 0 Å². The first-order valence-electron chi connectivity index (χ1n) is 6.58. The zero-order chi connectivity index (χ0) is 15.7. The summed E-state index contributed by atoms with van der Waals surface area (Å²) in [5.74, 6) is 0. The molecule has 0 aliphatic heterocycles. The van der Waals surface area contributed by atoms with Crippen molar-refractivity contribution in [3.05, 3.63) is 53.6 Å². The quantitative estimate of drug-likeness (QED) is 0.911. The lowest BCUT2D eigenvalue weighted by molar-refractivity contribution is 0.596. The van der Waals surface area contributed by atoms with E-state index in [0.717, 1.165) is 5.69 Å². The van der Waals surface area contributed by atoms with Crippen LogP contribution in [0.15, 0.2) is 58.3 Å². The number of anilines is 1. The van der Waals surface area contributed by atoms with Gasteiger partial charge in [-0.25, -0.2) is 8.42 Å². The van der Waals surface area contributed by atoms with Crippen LogP contribution in [0.4, 0.5) is 5.69 Å². The monoisotopic (exact) mass is 323 g/mol. The van der Waals surface area contributed by atoms with Gasteiger partial charge in [-0.05, 0) is 51.1 Å². The number of hydrogen-bond acceptors (Lipinski definition) is 3. The van der Waals surface area contributed by atoms with E-state index in [9.17, 15) is 8.42 Å². The topological polar surface area (TPSA) is 46.2 Å². The Kier molecular flexibility index (Phi) is 4.30. The normalized spacial score (nSPS) is 12.2. The summed E-state index contributed by atoms with van der Waals surface area (Å²) in [7, 11) is -3.59. The van der Waals surface area contributed by atoms with E-state index in [1.165, 1.54) is 0 Å². The van der Waals surface area contributed by atoms with Crippen molar-refractivity contribution in [1.29, 1.82) is 0 Å². The van der Waals surface area contributed by atoms with E-state index in [1.807, 2.05) is 20.8 Å². The Bertz CT molecular complexity index is 735. The van der Waals surface area contributed by atoms with Crippen molar-refractivity contribution in [1.82, 2.24) is 0 Å². The van der Waals surface area contributed by atoms with Gasteiger partial charge in [0.2, 0.25) is 9.84 Å². The van der Waals surface area contributed by atoms with Crippen LogP contribution in [-0.2, 0) is 9.84 Å². The van der Waals surface area contributed by atoms with Gasteiger partial charge in [0.25, 0.3) is 0 Å². The van der Waals surface area contributed by atoms with Gasteiger partial charge in [-0.3, -0.25) is 0 Å². The van der Waals surface area contributed by atoms with Crippen molar-refractivity contribution in [3.63, 3.8) is 0 Å². The predicted octanol–water partition coefficient (Wildman–Crippen LogP) is 4.38. The first kappa shape index (κ1) is 15.9. The number of halogens is 1. The molecular formula is C16H18ClNO2S. The van der Waals surface area contributed by atoms with Crippen LogP contribution >= 0.6 is 11.6 Å². The summed E-state index contributed by atoms with van der Waals surface area (Å²) in [6, 6.07) is 13.2. The van der Waals surface area contributed by atoms with Gasteiger partial charge in [0, 0.05) is 11.2 Å². The van der Waals surface area contributed by atoms with E-state index in [2.05, 4.69) is 5.32 Å². The average Bonchev–Trinajstić information content (AvgIpc) is 2.37. The van der Waals surface area contributed by atoms with E-state index in [4.69, 9.17) is 11.6 Å². The Morgan fingerprint density at radius 1 is 1.00 bits per heavy atom. The SMILES string of the molecule is CC(C)(C)Nc1ccc(S(=O)(=O)c2ccccc2)c(Cl)c1. The van der Waals surface area contributed by atoms with Gasteiger partial charge in [-0.15, -0.1) is 0 Å². The van der Waals surface area contributed by atoms with Crippen LogP contribution in [-0.4, -0.2) is 14.0 Å². The standard InChI is InChI=1S/C16H18ClNO2S/c1-16(2,3)18-12-9-10-15(14(17)11-12)21(19,20)13-7-5-4-6-8-13/h4-11,18H,1-3H3. The predicted molar refractivity (Wildman–Crippen MR) is 86.7 cm³/mol. The Morgan fingerprint density at radius 3 is 2.14 bits per heavy atom. The van der Waals surface area contributed by atoms with Crippen LogP contribution in [0.1, 0.15) is 20.8 Å². The van der Waals surface area contributed by atoms with Crippen molar-refractivity contribution < 1.29 is 8.42 Å². The smallest absolute Gasteiger partial charge is 0.208 e. The van der Waals surface area contributed by atoms with Gasteiger partial charge in [0.15, 0.2) is 0 Å². The molecule has 1 N–H and O–H groups in total. The molecule has 3 nitrogen and oxygen atoms in total. The maximum atomic E-state index is 12.5. The van der Waals surface area contributed by atoms with Gasteiger partial charge in [-0.2, -0.15) is 0 Å². The minimum absolute atomic E-state index is 0.120. The van der Waals surface area contributed by atoms with E-state index < -0.39 is 9.84 Å². The lowest BCUT2D eigenvalue weighted by atomic mass is 10.1. The molecule has 2 aromatic carbocycles. The minimum atomic E-state index is -3.59. The molecule has 2 rings (SSSR count). The summed E-state index contributed by atoms with van der Waals surface area (Å²) in [5.41, 5.74) is 0.669. The van der Waals surface area contributed by atoms with Gasteiger partial charge in [-0.1, -0.05) is 29.8 Å². The highest BCUT2D eigenvalue weighted by atomic mass is 35.5. The molecule has 21 heavy (non-hydrogen) atoms. The summed E-state index contributed by atoms with van der Waals surface area (Å²) in [6.45, 7) is 6.07. The number of nitrogens with one attached hydrogen (secondary N) is 1. The molecule has 0 bridgehead atoms. The van der Waals surface area contributed by atoms with E-state index in [0.29, 0.717) is 0 Å². The summed E-state index contributed by atoms with van der Waals surface area (Å²) >= 11 is 6.17. The average molecular weight is 324 g/mol. The number of benzene rings is 2. The molecule has 0 amide bonds. The first-order chi connectivity index (χ1) is 9.70. The Morgan fingerprint density at radius 2 is 1.62 bits per heavy atom. The highest BCUT2D eigenvalue weighted by Gasteiger charge is 2.21. The van der Waals surface area contributed by atoms with E-state index in [-0.39, 0.29) is 20.4 Å². The van der Waals surface area contributed by atoms with Crippen LogP contribution < -0.4 is 5.32 Å². The number of hydrogen-bond donors (Lipinski definition) is 1. The molecule has 0 unspecified atom stereocenters. The molecule has 5 heteroatoms. The first-order valence-corrected chi connectivity index (χ1v) is 8.44. The van der Waals surface area contributed by atoms with Crippen molar-refractivity contribution in [3.8, 4) is 0 Å². The second-order valence-electron chi connectivity index (χ2n) is 5.84. The molecule has 0 saturated carbocycles. The Balaban J connectivity index is 2.42. The van der Waals surface area contributed by atoms with Crippen LogP contribution in [0.25, 0.3) is 0 Å². The van der Waals surface area contributed by atoms with Gasteiger partial charge < -0.3 is 5.32 Å². The molecule has 112 valence electrons. The fraction of sp³-hybridized carbons (Fsp3) is 0.250. The van der Waals surface area contributed by atoms with E-state index >= 15 is 0 Å². The summed E-state index contributed by atoms with van der Waals surface area (Å²) < 4.78 is 25.1. The lowest BCUT2D eigenvalue weighted by Crippen LogP contribution is -2.26. The van der Waals surface area contributed by atoms with Gasteiger partial charge in [0.05, 0.1) is 14.8 Å². The van der Waals surface area contributed by atoms with Crippen LogP contribution in [0.2, 0.25) is 5.02 Å². The Labute approximate surface area is 130 Å². The molecule has 0 heterocycles. The third kappa shape index (κ3) is 3.77.